The molecule has 0 spiro atoms. The Kier molecular flexibility index (Phi) is 4.60. The van der Waals surface area contributed by atoms with Crippen LogP contribution < -0.4 is 5.32 Å². The summed E-state index contributed by atoms with van der Waals surface area (Å²) in [5.74, 6) is 0.536. The monoisotopic (exact) mass is 251 g/mol. The first-order valence-electron chi connectivity index (χ1n) is 7.15. The van der Waals surface area contributed by atoms with Crippen LogP contribution in [0.15, 0.2) is 0 Å². The molecule has 102 valence electrons. The summed E-state index contributed by atoms with van der Waals surface area (Å²) in [6, 6.07) is 2.94. The number of ether oxygens (including phenoxy) is 1. The van der Waals surface area contributed by atoms with Gasteiger partial charge in [-0.25, -0.2) is 0 Å². The molecule has 1 atom stereocenters. The van der Waals surface area contributed by atoms with Gasteiger partial charge in [-0.1, -0.05) is 0 Å². The molecule has 1 aliphatic heterocycles. The van der Waals surface area contributed by atoms with Crippen LogP contribution in [0.4, 0.5) is 0 Å². The van der Waals surface area contributed by atoms with Crippen molar-refractivity contribution >= 4 is 0 Å². The van der Waals surface area contributed by atoms with Crippen LogP contribution in [0.1, 0.15) is 33.1 Å². The molecule has 1 N–H and O–H groups in total. The Labute approximate surface area is 110 Å². The van der Waals surface area contributed by atoms with E-state index < -0.39 is 0 Å². The van der Waals surface area contributed by atoms with Crippen molar-refractivity contribution in [3.05, 3.63) is 0 Å². The van der Waals surface area contributed by atoms with Gasteiger partial charge >= 0.3 is 0 Å². The van der Waals surface area contributed by atoms with Crippen LogP contribution in [0.5, 0.6) is 0 Å². The van der Waals surface area contributed by atoms with Crippen LogP contribution in [0.2, 0.25) is 0 Å². The molecule has 0 aromatic rings. The summed E-state index contributed by atoms with van der Waals surface area (Å²) in [6.07, 6.45) is 3.46. The van der Waals surface area contributed by atoms with Crippen LogP contribution in [0.3, 0.4) is 0 Å². The molecule has 0 aromatic carbocycles. The molecule has 2 rings (SSSR count). The normalized spacial score (nSPS) is 25.4. The van der Waals surface area contributed by atoms with Crippen molar-refractivity contribution in [2.24, 2.45) is 5.92 Å². The molecule has 0 radical (unpaired) electrons. The molecule has 2 fully saturated rings. The maximum atomic E-state index is 9.67. The third kappa shape index (κ3) is 3.44. The van der Waals surface area contributed by atoms with Gasteiger partial charge in [0.1, 0.15) is 5.54 Å². The van der Waals surface area contributed by atoms with Gasteiger partial charge in [0.15, 0.2) is 0 Å². The number of nitrogens with zero attached hydrogens (tertiary/aromatic N) is 2. The predicted octanol–water partition coefficient (Wildman–Crippen LogP) is 1.38. The minimum absolute atomic E-state index is 0.349. The quantitative estimate of drug-likeness (QED) is 0.802. The summed E-state index contributed by atoms with van der Waals surface area (Å²) in [5.41, 5.74) is -0.349. The Morgan fingerprint density at radius 3 is 2.78 bits per heavy atom. The molecule has 1 saturated carbocycles. The standard InChI is InChI=1S/C14H25N3O/c1-12(2)16-14(10-15,13-4-5-13)11-17-6-3-8-18-9-7-17/h12-13,16H,3-9,11H2,1-2H3. The Bertz CT molecular complexity index is 301. The molecule has 1 heterocycles. The van der Waals surface area contributed by atoms with Crippen LogP contribution in [0.25, 0.3) is 0 Å². The van der Waals surface area contributed by atoms with E-state index in [9.17, 15) is 5.26 Å². The first kappa shape index (κ1) is 13.8. The average molecular weight is 251 g/mol. The van der Waals surface area contributed by atoms with Crippen LogP contribution in [0, 0.1) is 17.2 Å². The highest BCUT2D eigenvalue weighted by atomic mass is 16.5. The molecule has 0 aromatic heterocycles. The Balaban J connectivity index is 2.01. The summed E-state index contributed by atoms with van der Waals surface area (Å²) in [4.78, 5) is 2.39. The van der Waals surface area contributed by atoms with Crippen LogP contribution in [-0.2, 0) is 4.74 Å². The van der Waals surface area contributed by atoms with E-state index in [1.165, 1.54) is 12.8 Å². The number of nitrogens with one attached hydrogen (secondary N) is 1. The second-order valence-corrected chi connectivity index (χ2v) is 5.90. The summed E-state index contributed by atoms with van der Waals surface area (Å²) >= 11 is 0. The maximum absolute atomic E-state index is 9.67. The zero-order valence-corrected chi connectivity index (χ0v) is 11.6. The van der Waals surface area contributed by atoms with Gasteiger partial charge < -0.3 is 4.74 Å². The lowest BCUT2D eigenvalue weighted by atomic mass is 9.93. The minimum atomic E-state index is -0.349. The largest absolute Gasteiger partial charge is 0.380 e. The minimum Gasteiger partial charge on any atom is -0.380 e. The maximum Gasteiger partial charge on any atom is 0.122 e. The molecular weight excluding hydrogens is 226 g/mol. The molecule has 1 unspecified atom stereocenters. The van der Waals surface area contributed by atoms with Crippen molar-refractivity contribution in [3.63, 3.8) is 0 Å². The zero-order valence-electron chi connectivity index (χ0n) is 11.6. The van der Waals surface area contributed by atoms with Gasteiger partial charge in [-0.3, -0.25) is 10.2 Å². The van der Waals surface area contributed by atoms with E-state index in [1.54, 1.807) is 0 Å². The van der Waals surface area contributed by atoms with Gasteiger partial charge in [0.05, 0.1) is 12.7 Å². The zero-order chi connectivity index (χ0) is 13.0. The predicted molar refractivity (Wildman–Crippen MR) is 71.2 cm³/mol. The summed E-state index contributed by atoms with van der Waals surface area (Å²) < 4.78 is 5.49. The molecular formula is C14H25N3O. The first-order valence-corrected chi connectivity index (χ1v) is 7.15. The summed E-state index contributed by atoms with van der Waals surface area (Å²) in [7, 11) is 0. The van der Waals surface area contributed by atoms with Crippen LogP contribution in [-0.4, -0.2) is 49.3 Å². The number of rotatable bonds is 5. The Morgan fingerprint density at radius 1 is 1.39 bits per heavy atom. The van der Waals surface area contributed by atoms with Gasteiger partial charge in [0.25, 0.3) is 0 Å². The molecule has 2 aliphatic rings. The third-order valence-electron chi connectivity index (χ3n) is 3.81. The van der Waals surface area contributed by atoms with Crippen molar-refractivity contribution in [3.8, 4) is 6.07 Å². The van der Waals surface area contributed by atoms with Crippen molar-refractivity contribution < 1.29 is 4.74 Å². The van der Waals surface area contributed by atoms with Crippen LogP contribution >= 0.6 is 0 Å². The van der Waals surface area contributed by atoms with E-state index in [1.807, 2.05) is 0 Å². The highest BCUT2D eigenvalue weighted by molar-refractivity contribution is 5.17. The molecule has 4 heteroatoms. The molecule has 4 nitrogen and oxygen atoms in total. The van der Waals surface area contributed by atoms with E-state index in [2.05, 4.69) is 30.1 Å². The lowest BCUT2D eigenvalue weighted by molar-refractivity contribution is 0.133. The second kappa shape index (κ2) is 6.01. The second-order valence-electron chi connectivity index (χ2n) is 5.90. The first-order chi connectivity index (χ1) is 8.66. The molecule has 1 aliphatic carbocycles. The van der Waals surface area contributed by atoms with E-state index in [-0.39, 0.29) is 5.54 Å². The number of hydrogen-bond acceptors (Lipinski definition) is 4. The lowest BCUT2D eigenvalue weighted by Crippen LogP contribution is -2.57. The highest BCUT2D eigenvalue weighted by Gasteiger charge is 2.46. The molecule has 0 bridgehead atoms. The van der Waals surface area contributed by atoms with E-state index in [4.69, 9.17) is 4.74 Å². The topological polar surface area (TPSA) is 48.3 Å². The van der Waals surface area contributed by atoms with E-state index >= 15 is 0 Å². The fraction of sp³-hybridized carbons (Fsp3) is 0.929. The molecule has 0 amide bonds. The molecule has 1 saturated heterocycles. The van der Waals surface area contributed by atoms with Gasteiger partial charge in [0.2, 0.25) is 0 Å². The van der Waals surface area contributed by atoms with Crippen molar-refractivity contribution in [2.75, 3.05) is 32.8 Å². The van der Waals surface area contributed by atoms with Crippen molar-refractivity contribution in [2.45, 2.75) is 44.7 Å². The van der Waals surface area contributed by atoms with Crippen molar-refractivity contribution in [1.82, 2.24) is 10.2 Å². The van der Waals surface area contributed by atoms with Gasteiger partial charge in [-0.15, -0.1) is 0 Å². The highest BCUT2D eigenvalue weighted by Crippen LogP contribution is 2.40. The van der Waals surface area contributed by atoms with Gasteiger partial charge in [-0.2, -0.15) is 5.26 Å². The van der Waals surface area contributed by atoms with Crippen molar-refractivity contribution in [1.29, 1.82) is 5.26 Å². The smallest absolute Gasteiger partial charge is 0.122 e. The fourth-order valence-electron chi connectivity index (χ4n) is 2.85. The van der Waals surface area contributed by atoms with Gasteiger partial charge in [-0.05, 0) is 39.0 Å². The van der Waals surface area contributed by atoms with Gasteiger partial charge in [0, 0.05) is 32.3 Å². The Hall–Kier alpha value is -0.630. The SMILES string of the molecule is CC(C)NC(C#N)(CN1CCCOCC1)C1CC1. The lowest BCUT2D eigenvalue weighted by Gasteiger charge is -2.35. The van der Waals surface area contributed by atoms with E-state index in [0.29, 0.717) is 12.0 Å². The summed E-state index contributed by atoms with van der Waals surface area (Å²) in [5, 5.41) is 13.2. The Morgan fingerprint density at radius 2 is 2.17 bits per heavy atom. The third-order valence-corrected chi connectivity index (χ3v) is 3.81. The molecule has 18 heavy (non-hydrogen) atoms. The fourth-order valence-corrected chi connectivity index (χ4v) is 2.85. The summed E-state index contributed by atoms with van der Waals surface area (Å²) in [6.45, 7) is 8.76. The van der Waals surface area contributed by atoms with E-state index in [0.717, 1.165) is 39.3 Å². The number of nitriles is 1. The average Bonchev–Trinajstić information content (AvgIpc) is 3.15. The number of hydrogen-bond donors (Lipinski definition) is 1.